The van der Waals surface area contributed by atoms with Crippen molar-refractivity contribution in [2.24, 2.45) is 0 Å². The lowest BCUT2D eigenvalue weighted by atomic mass is 9.77. The fourth-order valence-corrected chi connectivity index (χ4v) is 3.22. The van der Waals surface area contributed by atoms with Crippen LogP contribution in [0.3, 0.4) is 0 Å². The predicted molar refractivity (Wildman–Crippen MR) is 98.5 cm³/mol. The first-order valence-electron chi connectivity index (χ1n) is 8.48. The van der Waals surface area contributed by atoms with Crippen LogP contribution in [0.15, 0.2) is 61.2 Å². The normalized spacial score (nSPS) is 13.7. The first kappa shape index (κ1) is 19.9. The van der Waals surface area contributed by atoms with Crippen LogP contribution in [0.25, 0.3) is 0 Å². The highest BCUT2D eigenvalue weighted by atomic mass is 35.5. The Morgan fingerprint density at radius 1 is 1.07 bits per heavy atom. The van der Waals surface area contributed by atoms with E-state index in [1.165, 1.54) is 18.7 Å². The van der Waals surface area contributed by atoms with Gasteiger partial charge >= 0.3 is 6.18 Å². The van der Waals surface area contributed by atoms with Gasteiger partial charge in [-0.1, -0.05) is 41.9 Å². The monoisotopic (exact) mass is 404 g/mol. The molecule has 0 radical (unpaired) electrons. The highest BCUT2D eigenvalue weighted by Crippen LogP contribution is 2.34. The Kier molecular flexibility index (Phi) is 5.71. The molecule has 1 unspecified atom stereocenters. The fourth-order valence-electron chi connectivity index (χ4n) is 3.09. The van der Waals surface area contributed by atoms with Gasteiger partial charge in [-0.3, -0.25) is 4.68 Å². The van der Waals surface area contributed by atoms with Crippen LogP contribution in [0.1, 0.15) is 23.1 Å². The zero-order valence-corrected chi connectivity index (χ0v) is 15.5. The van der Waals surface area contributed by atoms with Crippen molar-refractivity contribution in [3.8, 4) is 6.07 Å². The zero-order valence-electron chi connectivity index (χ0n) is 14.7. The van der Waals surface area contributed by atoms with Gasteiger partial charge in [0.1, 0.15) is 18.1 Å². The van der Waals surface area contributed by atoms with E-state index in [0.717, 1.165) is 17.7 Å². The van der Waals surface area contributed by atoms with Crippen molar-refractivity contribution < 1.29 is 13.2 Å². The van der Waals surface area contributed by atoms with E-state index in [1.807, 2.05) is 0 Å². The minimum absolute atomic E-state index is 0.226. The molecule has 0 fully saturated rings. The largest absolute Gasteiger partial charge is 0.416 e. The molecular formula is C20H16ClF3N4. The Morgan fingerprint density at radius 2 is 1.82 bits per heavy atom. The summed E-state index contributed by atoms with van der Waals surface area (Å²) < 4.78 is 40.5. The standard InChI is InChI=1S/C20H16ClF3N4/c21-18-6-4-16(5-7-18)19(11-25,12-28-14-26-13-27-28)9-8-15-2-1-3-17(10-15)20(22,23)24/h1-7,10,13-14H,8-9,12H2. The van der Waals surface area contributed by atoms with Gasteiger partial charge in [0.15, 0.2) is 0 Å². The second-order valence-electron chi connectivity index (χ2n) is 6.49. The maximum absolute atomic E-state index is 13.0. The molecule has 2 aromatic carbocycles. The molecule has 0 aliphatic carbocycles. The number of alkyl halides is 3. The molecule has 0 aliphatic rings. The molecule has 0 bridgehead atoms. The molecule has 0 aliphatic heterocycles. The summed E-state index contributed by atoms with van der Waals surface area (Å²) in [5.74, 6) is 0. The third-order valence-corrected chi connectivity index (χ3v) is 4.86. The highest BCUT2D eigenvalue weighted by molar-refractivity contribution is 6.30. The van der Waals surface area contributed by atoms with Crippen molar-refractivity contribution in [1.82, 2.24) is 14.8 Å². The Morgan fingerprint density at radius 3 is 2.43 bits per heavy atom. The van der Waals surface area contributed by atoms with Crippen LogP contribution in [0, 0.1) is 11.3 Å². The summed E-state index contributed by atoms with van der Waals surface area (Å²) in [5.41, 5.74) is -0.453. The molecule has 0 saturated heterocycles. The number of hydrogen-bond acceptors (Lipinski definition) is 3. The maximum atomic E-state index is 13.0. The number of aromatic nitrogens is 3. The second-order valence-corrected chi connectivity index (χ2v) is 6.93. The van der Waals surface area contributed by atoms with Crippen LogP contribution >= 0.6 is 11.6 Å². The smallest absolute Gasteiger partial charge is 0.251 e. The van der Waals surface area contributed by atoms with E-state index in [-0.39, 0.29) is 6.54 Å². The number of benzene rings is 2. The minimum Gasteiger partial charge on any atom is -0.251 e. The van der Waals surface area contributed by atoms with Gasteiger partial charge in [-0.25, -0.2) is 4.98 Å². The molecule has 3 aromatic rings. The summed E-state index contributed by atoms with van der Waals surface area (Å²) in [5, 5.41) is 14.6. The number of nitrogens with zero attached hydrogens (tertiary/aromatic N) is 4. The Labute approximate surface area is 165 Å². The van der Waals surface area contributed by atoms with E-state index in [1.54, 1.807) is 35.0 Å². The summed E-state index contributed by atoms with van der Waals surface area (Å²) in [7, 11) is 0. The van der Waals surface area contributed by atoms with Crippen LogP contribution in [-0.4, -0.2) is 14.8 Å². The summed E-state index contributed by atoms with van der Waals surface area (Å²) in [6, 6.07) is 14.4. The van der Waals surface area contributed by atoms with Gasteiger partial charge in [0.25, 0.3) is 0 Å². The molecule has 1 atom stereocenters. The van der Waals surface area contributed by atoms with Gasteiger partial charge in [0.05, 0.1) is 18.2 Å². The number of nitriles is 1. The molecule has 0 N–H and O–H groups in total. The lowest BCUT2D eigenvalue weighted by molar-refractivity contribution is -0.137. The number of halogens is 4. The fraction of sp³-hybridized carbons (Fsp3) is 0.250. The van der Waals surface area contributed by atoms with Crippen molar-refractivity contribution in [2.45, 2.75) is 31.0 Å². The Bertz CT molecular complexity index is 962. The van der Waals surface area contributed by atoms with Crippen molar-refractivity contribution in [3.05, 3.63) is 82.9 Å². The van der Waals surface area contributed by atoms with Crippen molar-refractivity contribution in [1.29, 1.82) is 5.26 Å². The van der Waals surface area contributed by atoms with Crippen LogP contribution in [0.2, 0.25) is 5.02 Å². The molecule has 0 spiro atoms. The molecular weight excluding hydrogens is 389 g/mol. The van der Waals surface area contributed by atoms with Gasteiger partial charge in [-0.15, -0.1) is 0 Å². The van der Waals surface area contributed by atoms with E-state index >= 15 is 0 Å². The summed E-state index contributed by atoms with van der Waals surface area (Å²) in [6.07, 6.45) is -0.913. The van der Waals surface area contributed by atoms with Gasteiger partial charge in [-0.05, 0) is 42.2 Å². The predicted octanol–water partition coefficient (Wildman–Crippen LogP) is 5.04. The molecule has 8 heteroatoms. The van der Waals surface area contributed by atoms with Crippen molar-refractivity contribution in [3.63, 3.8) is 0 Å². The van der Waals surface area contributed by atoms with Gasteiger partial charge in [-0.2, -0.15) is 23.5 Å². The van der Waals surface area contributed by atoms with Crippen LogP contribution in [-0.2, 0) is 24.6 Å². The van der Waals surface area contributed by atoms with Crippen LogP contribution in [0.4, 0.5) is 13.2 Å². The minimum atomic E-state index is -4.40. The molecule has 144 valence electrons. The van der Waals surface area contributed by atoms with Gasteiger partial charge in [0.2, 0.25) is 0 Å². The van der Waals surface area contributed by atoms with E-state index < -0.39 is 17.2 Å². The average molecular weight is 405 g/mol. The number of rotatable bonds is 6. The van der Waals surface area contributed by atoms with E-state index in [0.29, 0.717) is 23.4 Å². The van der Waals surface area contributed by atoms with E-state index in [2.05, 4.69) is 16.2 Å². The lowest BCUT2D eigenvalue weighted by Gasteiger charge is -2.27. The van der Waals surface area contributed by atoms with Crippen molar-refractivity contribution >= 4 is 11.6 Å². The van der Waals surface area contributed by atoms with E-state index in [4.69, 9.17) is 11.6 Å². The molecule has 28 heavy (non-hydrogen) atoms. The molecule has 3 rings (SSSR count). The number of aryl methyl sites for hydroxylation is 1. The van der Waals surface area contributed by atoms with Crippen molar-refractivity contribution in [2.75, 3.05) is 0 Å². The maximum Gasteiger partial charge on any atom is 0.416 e. The van der Waals surface area contributed by atoms with E-state index in [9.17, 15) is 18.4 Å². The summed E-state index contributed by atoms with van der Waals surface area (Å²) in [4.78, 5) is 3.90. The average Bonchev–Trinajstić information content (AvgIpc) is 3.18. The Hall–Kier alpha value is -2.85. The van der Waals surface area contributed by atoms with Gasteiger partial charge < -0.3 is 0 Å². The highest BCUT2D eigenvalue weighted by Gasteiger charge is 2.34. The quantitative estimate of drug-likeness (QED) is 0.578. The SMILES string of the molecule is N#CC(CCc1cccc(C(F)(F)F)c1)(Cn1cncn1)c1ccc(Cl)cc1. The zero-order chi connectivity index (χ0) is 20.2. The van der Waals surface area contributed by atoms with Gasteiger partial charge in [0, 0.05) is 5.02 Å². The Balaban J connectivity index is 1.91. The third kappa shape index (κ3) is 4.52. The third-order valence-electron chi connectivity index (χ3n) is 4.60. The second kappa shape index (κ2) is 8.03. The summed E-state index contributed by atoms with van der Waals surface area (Å²) in [6.45, 7) is 0.226. The molecule has 1 aromatic heterocycles. The topological polar surface area (TPSA) is 54.5 Å². The summed E-state index contributed by atoms with van der Waals surface area (Å²) >= 11 is 5.96. The van der Waals surface area contributed by atoms with Crippen LogP contribution < -0.4 is 0 Å². The number of hydrogen-bond donors (Lipinski definition) is 0. The molecule has 0 amide bonds. The molecule has 4 nitrogen and oxygen atoms in total. The first-order valence-corrected chi connectivity index (χ1v) is 8.86. The first-order chi connectivity index (χ1) is 13.3. The molecule has 0 saturated carbocycles. The van der Waals surface area contributed by atoms with Crippen LogP contribution in [0.5, 0.6) is 0 Å². The lowest BCUT2D eigenvalue weighted by Crippen LogP contribution is -2.31. The molecule has 1 heterocycles.